The predicted octanol–water partition coefficient (Wildman–Crippen LogP) is 3.84. The second-order valence-electron chi connectivity index (χ2n) is 5.41. The van der Waals surface area contributed by atoms with E-state index in [2.05, 4.69) is 44.8 Å². The van der Waals surface area contributed by atoms with Crippen molar-refractivity contribution in [3.63, 3.8) is 0 Å². The summed E-state index contributed by atoms with van der Waals surface area (Å²) in [5.41, 5.74) is 1.90. The third-order valence-electron chi connectivity index (χ3n) is 3.75. The van der Waals surface area contributed by atoms with E-state index < -0.39 is 0 Å². The molecule has 1 aromatic carbocycles. The molecular weight excluding hydrogens is 248 g/mol. The number of rotatable bonds is 7. The molecule has 112 valence electrons. The minimum absolute atomic E-state index is 0.0258. The number of benzene rings is 1. The normalized spacial score (nSPS) is 10.9. The highest BCUT2D eigenvalue weighted by Gasteiger charge is 2.12. The minimum atomic E-state index is 0.0258. The molecule has 0 saturated carbocycles. The Labute approximate surface area is 123 Å². The summed E-state index contributed by atoms with van der Waals surface area (Å²) in [5, 5.41) is 3.07. The van der Waals surface area contributed by atoms with Crippen LogP contribution in [0.3, 0.4) is 0 Å². The zero-order chi connectivity index (χ0) is 15.1. The maximum Gasteiger partial charge on any atom is 0.251 e. The van der Waals surface area contributed by atoms with Gasteiger partial charge in [0, 0.05) is 29.9 Å². The average molecular weight is 276 g/mol. The van der Waals surface area contributed by atoms with E-state index in [0.29, 0.717) is 6.04 Å². The molecule has 1 rings (SSSR count). The monoisotopic (exact) mass is 276 g/mol. The van der Waals surface area contributed by atoms with Crippen LogP contribution in [0.2, 0.25) is 0 Å². The minimum Gasteiger partial charge on any atom is -0.369 e. The van der Waals surface area contributed by atoms with E-state index in [1.54, 1.807) is 0 Å². The number of nitrogens with one attached hydrogen (secondary N) is 1. The summed E-state index contributed by atoms with van der Waals surface area (Å²) in [4.78, 5) is 14.4. The molecule has 0 atom stereocenters. The lowest BCUT2D eigenvalue weighted by Crippen LogP contribution is -2.34. The van der Waals surface area contributed by atoms with Crippen LogP contribution < -0.4 is 10.2 Å². The Morgan fingerprint density at radius 3 is 2.05 bits per heavy atom. The van der Waals surface area contributed by atoms with Crippen LogP contribution in [-0.4, -0.2) is 24.5 Å². The van der Waals surface area contributed by atoms with E-state index >= 15 is 0 Å². The van der Waals surface area contributed by atoms with E-state index in [0.717, 1.165) is 24.9 Å². The Kier molecular flexibility index (Phi) is 6.56. The van der Waals surface area contributed by atoms with Crippen molar-refractivity contribution in [2.24, 2.45) is 0 Å². The summed E-state index contributed by atoms with van der Waals surface area (Å²) in [6, 6.07) is 8.63. The fourth-order valence-corrected chi connectivity index (χ4v) is 2.41. The van der Waals surface area contributed by atoms with Crippen molar-refractivity contribution in [2.45, 2.75) is 59.5 Å². The van der Waals surface area contributed by atoms with Gasteiger partial charge in [-0.3, -0.25) is 4.79 Å². The van der Waals surface area contributed by atoms with Gasteiger partial charge >= 0.3 is 0 Å². The fourth-order valence-electron chi connectivity index (χ4n) is 2.41. The molecular formula is C17H28N2O. The van der Waals surface area contributed by atoms with Gasteiger partial charge in [0.25, 0.3) is 5.91 Å². The first-order valence-electron chi connectivity index (χ1n) is 7.70. The molecule has 0 radical (unpaired) electrons. The van der Waals surface area contributed by atoms with Gasteiger partial charge in [-0.25, -0.2) is 0 Å². The Hall–Kier alpha value is -1.51. The highest BCUT2D eigenvalue weighted by Crippen LogP contribution is 2.17. The Balaban J connectivity index is 2.78. The second-order valence-corrected chi connectivity index (χ2v) is 5.41. The highest BCUT2D eigenvalue weighted by atomic mass is 16.1. The van der Waals surface area contributed by atoms with Crippen molar-refractivity contribution in [1.29, 1.82) is 0 Å². The van der Waals surface area contributed by atoms with Crippen LogP contribution in [0.25, 0.3) is 0 Å². The summed E-state index contributed by atoms with van der Waals surface area (Å²) in [6.07, 6.45) is 1.94. The van der Waals surface area contributed by atoms with Gasteiger partial charge in [-0.05, 0) is 57.9 Å². The van der Waals surface area contributed by atoms with Crippen LogP contribution in [0, 0.1) is 0 Å². The van der Waals surface area contributed by atoms with Gasteiger partial charge < -0.3 is 10.2 Å². The largest absolute Gasteiger partial charge is 0.369 e. The zero-order valence-corrected chi connectivity index (χ0v) is 13.4. The third-order valence-corrected chi connectivity index (χ3v) is 3.75. The standard InChI is InChI=1S/C17H28N2O/c1-6-15(7-2)18-17(20)14-9-11-16(12-10-14)19(8-3)13(4)5/h9-13,15H,6-8H2,1-5H3,(H,18,20). The summed E-state index contributed by atoms with van der Waals surface area (Å²) in [6.45, 7) is 11.7. The summed E-state index contributed by atoms with van der Waals surface area (Å²) in [5.74, 6) is 0.0258. The Morgan fingerprint density at radius 2 is 1.65 bits per heavy atom. The number of carbonyl (C=O) groups excluding carboxylic acids is 1. The van der Waals surface area contributed by atoms with Gasteiger partial charge in [0.1, 0.15) is 0 Å². The smallest absolute Gasteiger partial charge is 0.251 e. The molecule has 0 unspecified atom stereocenters. The molecule has 0 spiro atoms. The quantitative estimate of drug-likeness (QED) is 0.820. The fraction of sp³-hybridized carbons (Fsp3) is 0.588. The molecule has 1 aromatic rings. The van der Waals surface area contributed by atoms with Crippen LogP contribution in [0.1, 0.15) is 57.8 Å². The molecule has 0 bridgehead atoms. The maximum atomic E-state index is 12.1. The summed E-state index contributed by atoms with van der Waals surface area (Å²) < 4.78 is 0. The van der Waals surface area contributed by atoms with E-state index in [9.17, 15) is 4.79 Å². The number of hydrogen-bond donors (Lipinski definition) is 1. The van der Waals surface area contributed by atoms with Crippen molar-refractivity contribution in [1.82, 2.24) is 5.32 Å². The van der Waals surface area contributed by atoms with E-state index in [4.69, 9.17) is 0 Å². The number of nitrogens with zero attached hydrogens (tertiary/aromatic N) is 1. The predicted molar refractivity (Wildman–Crippen MR) is 86.4 cm³/mol. The topological polar surface area (TPSA) is 32.3 Å². The highest BCUT2D eigenvalue weighted by molar-refractivity contribution is 5.94. The van der Waals surface area contributed by atoms with Crippen molar-refractivity contribution in [2.75, 3.05) is 11.4 Å². The van der Waals surface area contributed by atoms with E-state index in [1.165, 1.54) is 5.69 Å². The molecule has 0 aliphatic rings. The molecule has 1 N–H and O–H groups in total. The molecule has 3 heteroatoms. The molecule has 0 fully saturated rings. The molecule has 0 aliphatic heterocycles. The Bertz CT molecular complexity index is 408. The number of carbonyl (C=O) groups is 1. The van der Waals surface area contributed by atoms with Gasteiger partial charge in [-0.2, -0.15) is 0 Å². The van der Waals surface area contributed by atoms with Gasteiger partial charge in [0.05, 0.1) is 0 Å². The average Bonchev–Trinajstić information content (AvgIpc) is 2.45. The molecule has 1 amide bonds. The van der Waals surface area contributed by atoms with Gasteiger partial charge in [-0.1, -0.05) is 13.8 Å². The van der Waals surface area contributed by atoms with E-state index in [1.807, 2.05) is 24.3 Å². The first-order chi connectivity index (χ1) is 9.53. The number of hydrogen-bond acceptors (Lipinski definition) is 2. The molecule has 0 saturated heterocycles. The van der Waals surface area contributed by atoms with E-state index in [-0.39, 0.29) is 11.9 Å². The maximum absolute atomic E-state index is 12.1. The van der Waals surface area contributed by atoms with Gasteiger partial charge in [0.2, 0.25) is 0 Å². The van der Waals surface area contributed by atoms with Crippen molar-refractivity contribution < 1.29 is 4.79 Å². The number of anilines is 1. The van der Waals surface area contributed by atoms with Crippen molar-refractivity contribution >= 4 is 11.6 Å². The van der Waals surface area contributed by atoms with Crippen molar-refractivity contribution in [3.05, 3.63) is 29.8 Å². The molecule has 0 heterocycles. The number of amides is 1. The Morgan fingerprint density at radius 1 is 1.10 bits per heavy atom. The van der Waals surface area contributed by atoms with Crippen LogP contribution >= 0.6 is 0 Å². The molecule has 3 nitrogen and oxygen atoms in total. The van der Waals surface area contributed by atoms with Crippen LogP contribution in [0.5, 0.6) is 0 Å². The van der Waals surface area contributed by atoms with Gasteiger partial charge in [-0.15, -0.1) is 0 Å². The van der Waals surface area contributed by atoms with Crippen LogP contribution in [0.4, 0.5) is 5.69 Å². The molecule has 0 aliphatic carbocycles. The van der Waals surface area contributed by atoms with Crippen molar-refractivity contribution in [3.8, 4) is 0 Å². The van der Waals surface area contributed by atoms with Crippen LogP contribution in [0.15, 0.2) is 24.3 Å². The molecule has 0 aromatic heterocycles. The summed E-state index contributed by atoms with van der Waals surface area (Å²) >= 11 is 0. The first kappa shape index (κ1) is 16.5. The molecule has 20 heavy (non-hydrogen) atoms. The van der Waals surface area contributed by atoms with Crippen LogP contribution in [-0.2, 0) is 0 Å². The second kappa shape index (κ2) is 7.93. The van der Waals surface area contributed by atoms with Gasteiger partial charge in [0.15, 0.2) is 0 Å². The lowest BCUT2D eigenvalue weighted by Gasteiger charge is -2.27. The summed E-state index contributed by atoms with van der Waals surface area (Å²) in [7, 11) is 0. The first-order valence-corrected chi connectivity index (χ1v) is 7.70. The lowest BCUT2D eigenvalue weighted by molar-refractivity contribution is 0.0935. The third kappa shape index (κ3) is 4.26. The zero-order valence-electron chi connectivity index (χ0n) is 13.4. The lowest BCUT2D eigenvalue weighted by atomic mass is 10.1. The SMILES string of the molecule is CCC(CC)NC(=O)c1ccc(N(CC)C(C)C)cc1.